The van der Waals surface area contributed by atoms with Crippen molar-refractivity contribution in [2.75, 3.05) is 26.4 Å². The number of Topliss-reactive ketones (excluding diaryl/α,β-unsaturated/α-hetero) is 1. The van der Waals surface area contributed by atoms with E-state index in [1.54, 1.807) is 0 Å². The van der Waals surface area contributed by atoms with Crippen LogP contribution in [0.5, 0.6) is 0 Å². The van der Waals surface area contributed by atoms with Crippen LogP contribution in [0.15, 0.2) is 42.5 Å². The second-order valence-corrected chi connectivity index (χ2v) is 10.7. The van der Waals surface area contributed by atoms with Gasteiger partial charge in [-0.3, -0.25) is 9.69 Å². The highest BCUT2D eigenvalue weighted by Gasteiger charge is 2.46. The molecule has 0 amide bonds. The molecule has 3 saturated heterocycles. The van der Waals surface area contributed by atoms with Gasteiger partial charge in [0.05, 0.1) is 25.3 Å². The molecule has 34 heavy (non-hydrogen) atoms. The zero-order valence-corrected chi connectivity index (χ0v) is 20.3. The Morgan fingerprint density at radius 1 is 1.15 bits per heavy atom. The van der Waals surface area contributed by atoms with Gasteiger partial charge in [0.2, 0.25) is 0 Å². The third-order valence-electron chi connectivity index (χ3n) is 8.24. The fourth-order valence-corrected chi connectivity index (χ4v) is 6.64. The molecule has 3 aromatic rings. The number of aliphatic hydroxyl groups is 1. The van der Waals surface area contributed by atoms with E-state index in [0.29, 0.717) is 35.5 Å². The summed E-state index contributed by atoms with van der Waals surface area (Å²) in [7, 11) is 0. The van der Waals surface area contributed by atoms with Crippen LogP contribution in [0.4, 0.5) is 0 Å². The van der Waals surface area contributed by atoms with Gasteiger partial charge in [0.25, 0.3) is 0 Å². The van der Waals surface area contributed by atoms with Gasteiger partial charge in [-0.25, -0.2) is 0 Å². The van der Waals surface area contributed by atoms with Gasteiger partial charge in [-0.2, -0.15) is 0 Å². The molecule has 2 bridgehead atoms. The fraction of sp³-hybridized carbons (Fsp3) is 0.464. The monoisotopic (exact) mass is 478 g/mol. The first kappa shape index (κ1) is 22.3. The lowest BCUT2D eigenvalue weighted by Crippen LogP contribution is -2.36. The number of ether oxygens (including phenoxy) is 1. The van der Waals surface area contributed by atoms with Crippen LogP contribution < -0.4 is 0 Å². The summed E-state index contributed by atoms with van der Waals surface area (Å²) >= 11 is 6.17. The molecule has 178 valence electrons. The zero-order valence-electron chi connectivity index (χ0n) is 19.5. The number of nitrogens with zero attached hydrogens (tertiary/aromatic N) is 2. The molecule has 0 radical (unpaired) electrons. The van der Waals surface area contributed by atoms with E-state index in [9.17, 15) is 9.90 Å². The second kappa shape index (κ2) is 8.80. The molecule has 1 N–H and O–H groups in total. The molecule has 5 nitrogen and oxygen atoms in total. The number of hydrogen-bond acceptors (Lipinski definition) is 4. The van der Waals surface area contributed by atoms with E-state index >= 15 is 0 Å². The number of halogens is 1. The molecule has 0 aliphatic carbocycles. The summed E-state index contributed by atoms with van der Waals surface area (Å²) in [6.07, 6.45) is 4.22. The van der Waals surface area contributed by atoms with Gasteiger partial charge in [0.15, 0.2) is 5.78 Å². The van der Waals surface area contributed by atoms with Crippen molar-refractivity contribution in [1.82, 2.24) is 9.47 Å². The van der Waals surface area contributed by atoms with Crippen molar-refractivity contribution in [3.05, 3.63) is 64.3 Å². The third-order valence-corrected chi connectivity index (χ3v) is 8.49. The van der Waals surface area contributed by atoms with Crippen LogP contribution in [-0.4, -0.2) is 58.8 Å². The summed E-state index contributed by atoms with van der Waals surface area (Å²) < 4.78 is 7.58. The van der Waals surface area contributed by atoms with E-state index < -0.39 is 0 Å². The zero-order chi connectivity index (χ0) is 23.4. The van der Waals surface area contributed by atoms with Crippen molar-refractivity contribution in [2.24, 2.45) is 11.8 Å². The topological polar surface area (TPSA) is 54.7 Å². The predicted octanol–water partition coefficient (Wildman–Crippen LogP) is 4.81. The molecule has 6 rings (SSSR count). The Bertz CT molecular complexity index is 1230. The van der Waals surface area contributed by atoms with Crippen LogP contribution >= 0.6 is 11.6 Å². The summed E-state index contributed by atoms with van der Waals surface area (Å²) in [5, 5.41) is 11.5. The SMILES string of the molecule is Cc1c(C(=O)CN2C3CCC2[C@@H](CO)C3)c2ccc(CC3COC3)cc2n1-c1ccc(Cl)cc1. The quantitative estimate of drug-likeness (QED) is 0.495. The molecule has 1 aromatic heterocycles. The first-order valence-electron chi connectivity index (χ1n) is 12.4. The third kappa shape index (κ3) is 3.70. The number of ketones is 1. The number of aliphatic hydroxyl groups excluding tert-OH is 1. The van der Waals surface area contributed by atoms with E-state index in [-0.39, 0.29) is 12.4 Å². The molecular formula is C28H31ClN2O3. The highest BCUT2D eigenvalue weighted by atomic mass is 35.5. The second-order valence-electron chi connectivity index (χ2n) is 10.3. The Morgan fingerprint density at radius 3 is 2.62 bits per heavy atom. The summed E-state index contributed by atoms with van der Waals surface area (Å²) in [6, 6.07) is 15.1. The fourth-order valence-electron chi connectivity index (χ4n) is 6.52. The molecule has 2 aromatic carbocycles. The maximum atomic E-state index is 13.8. The number of hydrogen-bond donors (Lipinski definition) is 1. The van der Waals surface area contributed by atoms with Gasteiger partial charge in [-0.15, -0.1) is 0 Å². The van der Waals surface area contributed by atoms with Gasteiger partial charge in [0, 0.05) is 52.0 Å². The smallest absolute Gasteiger partial charge is 0.179 e. The van der Waals surface area contributed by atoms with Gasteiger partial charge in [-0.05, 0) is 74.4 Å². The first-order valence-corrected chi connectivity index (χ1v) is 12.8. The lowest BCUT2D eigenvalue weighted by Gasteiger charge is -2.25. The molecule has 0 spiro atoms. The van der Waals surface area contributed by atoms with Crippen molar-refractivity contribution in [3.63, 3.8) is 0 Å². The number of carbonyl (C=O) groups excluding carboxylic acids is 1. The van der Waals surface area contributed by atoms with Gasteiger partial charge >= 0.3 is 0 Å². The summed E-state index contributed by atoms with van der Waals surface area (Å²) in [6.45, 7) is 4.34. The minimum atomic E-state index is 0.172. The number of aromatic nitrogens is 1. The van der Waals surface area contributed by atoms with Crippen molar-refractivity contribution in [1.29, 1.82) is 0 Å². The lowest BCUT2D eigenvalue weighted by atomic mass is 9.90. The Morgan fingerprint density at radius 2 is 1.94 bits per heavy atom. The van der Waals surface area contributed by atoms with Gasteiger partial charge < -0.3 is 14.4 Å². The van der Waals surface area contributed by atoms with E-state index in [0.717, 1.165) is 66.7 Å². The van der Waals surface area contributed by atoms with E-state index in [1.807, 2.05) is 24.3 Å². The van der Waals surface area contributed by atoms with E-state index in [1.165, 1.54) is 5.56 Å². The molecule has 4 heterocycles. The van der Waals surface area contributed by atoms with Crippen molar-refractivity contribution in [3.8, 4) is 5.69 Å². The predicted molar refractivity (Wildman–Crippen MR) is 134 cm³/mol. The summed E-state index contributed by atoms with van der Waals surface area (Å²) in [4.78, 5) is 16.2. The molecule has 3 fully saturated rings. The molecule has 3 aliphatic heterocycles. The largest absolute Gasteiger partial charge is 0.396 e. The Balaban J connectivity index is 1.40. The van der Waals surface area contributed by atoms with Crippen LogP contribution in [0.2, 0.25) is 5.02 Å². The molecule has 3 aliphatic rings. The number of rotatable bonds is 7. The lowest BCUT2D eigenvalue weighted by molar-refractivity contribution is -0.0312. The Labute approximate surface area is 205 Å². The summed E-state index contributed by atoms with van der Waals surface area (Å²) in [5.74, 6) is 1.05. The number of fused-ring (bicyclic) bond motifs is 3. The highest BCUT2D eigenvalue weighted by molar-refractivity contribution is 6.30. The number of benzene rings is 2. The molecular weight excluding hydrogens is 448 g/mol. The molecule has 0 saturated carbocycles. The van der Waals surface area contributed by atoms with Crippen LogP contribution in [0.25, 0.3) is 16.6 Å². The standard InChI is InChI=1S/C28H31ClN2O3/c1-17-28(27(33)13-30-23-7-9-25(30)20(12-23)14-32)24-8-2-18(10-19-15-34-16-19)11-26(24)31(17)22-5-3-21(29)4-6-22/h2-6,8,11,19-20,23,25,32H,7,9-10,12-16H2,1H3/t20-,23?,25?/m1/s1. The van der Waals surface area contributed by atoms with Crippen molar-refractivity contribution >= 4 is 28.3 Å². The average molecular weight is 479 g/mol. The minimum Gasteiger partial charge on any atom is -0.396 e. The maximum absolute atomic E-state index is 13.8. The van der Waals surface area contributed by atoms with Gasteiger partial charge in [0.1, 0.15) is 0 Å². The average Bonchev–Trinajstić information content (AvgIpc) is 3.44. The van der Waals surface area contributed by atoms with Crippen LogP contribution in [0, 0.1) is 18.8 Å². The molecule has 6 heteroatoms. The minimum absolute atomic E-state index is 0.172. The number of carbonyl (C=O) groups is 1. The Hall–Kier alpha value is -2.18. The van der Waals surface area contributed by atoms with E-state index in [2.05, 4.69) is 34.6 Å². The van der Waals surface area contributed by atoms with Crippen LogP contribution in [-0.2, 0) is 11.2 Å². The molecule has 3 atom stereocenters. The molecule has 2 unspecified atom stereocenters. The summed E-state index contributed by atoms with van der Waals surface area (Å²) in [5.41, 5.74) is 5.14. The first-order chi connectivity index (χ1) is 16.5. The van der Waals surface area contributed by atoms with E-state index in [4.69, 9.17) is 16.3 Å². The highest BCUT2D eigenvalue weighted by Crippen LogP contribution is 2.42. The van der Waals surface area contributed by atoms with Crippen molar-refractivity contribution < 1.29 is 14.6 Å². The van der Waals surface area contributed by atoms with Crippen LogP contribution in [0.1, 0.15) is 40.9 Å². The van der Waals surface area contributed by atoms with Crippen LogP contribution in [0.3, 0.4) is 0 Å². The normalized spacial score (nSPS) is 24.7. The van der Waals surface area contributed by atoms with Crippen molar-refractivity contribution in [2.45, 2.75) is 44.7 Å². The Kier molecular flexibility index (Phi) is 5.77. The van der Waals surface area contributed by atoms with Gasteiger partial charge in [-0.1, -0.05) is 23.7 Å². The maximum Gasteiger partial charge on any atom is 0.179 e.